The summed E-state index contributed by atoms with van der Waals surface area (Å²) in [5.41, 5.74) is 2.37. The van der Waals surface area contributed by atoms with Crippen molar-refractivity contribution in [2.75, 3.05) is 31.5 Å². The van der Waals surface area contributed by atoms with Crippen LogP contribution in [0.5, 0.6) is 0 Å². The topological polar surface area (TPSA) is 70.5 Å². The lowest BCUT2D eigenvalue weighted by Gasteiger charge is -2.34. The molecule has 1 aliphatic rings. The first-order valence-corrected chi connectivity index (χ1v) is 12.7. The highest BCUT2D eigenvalue weighted by Crippen LogP contribution is 2.28. The second kappa shape index (κ2) is 11.2. The van der Waals surface area contributed by atoms with Crippen LogP contribution >= 0.6 is 23.2 Å². The van der Waals surface area contributed by atoms with Crippen LogP contribution in [-0.2, 0) is 6.54 Å². The number of amides is 2. The SMILES string of the molecule is O=C(Nc1c(C(=O)N2CCN(Cc3ccccc3)CC2)cnn1-c1ccccc1Cl)c1ccccc1Cl. The normalized spacial score (nSPS) is 13.9. The minimum atomic E-state index is -0.443. The standard InChI is InChI=1S/C28H25Cl2N5O2/c29-23-11-5-4-10-21(23)27(36)32-26-22(18-31-35(26)25-13-7-6-12-24(25)30)28(37)34-16-14-33(15-17-34)19-20-8-2-1-3-9-20/h1-13,18H,14-17,19H2,(H,32,36). The van der Waals surface area contributed by atoms with Crippen molar-refractivity contribution >= 4 is 40.8 Å². The number of para-hydroxylation sites is 1. The fourth-order valence-electron chi connectivity index (χ4n) is 4.37. The quantitative estimate of drug-likeness (QED) is 0.360. The number of piperazine rings is 1. The van der Waals surface area contributed by atoms with Crippen molar-refractivity contribution in [3.8, 4) is 5.69 Å². The van der Waals surface area contributed by atoms with E-state index in [4.69, 9.17) is 23.2 Å². The summed E-state index contributed by atoms with van der Waals surface area (Å²) in [6, 6.07) is 24.1. The van der Waals surface area contributed by atoms with Crippen molar-refractivity contribution < 1.29 is 9.59 Å². The zero-order valence-electron chi connectivity index (χ0n) is 20.0. The van der Waals surface area contributed by atoms with Crippen molar-refractivity contribution in [3.05, 3.63) is 112 Å². The molecular weight excluding hydrogens is 509 g/mol. The number of halogens is 2. The van der Waals surface area contributed by atoms with E-state index >= 15 is 0 Å². The fourth-order valence-corrected chi connectivity index (χ4v) is 4.81. The Balaban J connectivity index is 1.39. The summed E-state index contributed by atoms with van der Waals surface area (Å²) < 4.78 is 1.48. The van der Waals surface area contributed by atoms with Gasteiger partial charge in [0.2, 0.25) is 0 Å². The smallest absolute Gasteiger partial charge is 0.259 e. The van der Waals surface area contributed by atoms with E-state index in [9.17, 15) is 9.59 Å². The predicted octanol–water partition coefficient (Wildman–Crippen LogP) is 5.39. The molecule has 0 bridgehead atoms. The molecule has 1 aromatic heterocycles. The summed E-state index contributed by atoms with van der Waals surface area (Å²) in [5.74, 6) is -0.400. The molecule has 5 rings (SSSR count). The number of hydrogen-bond donors (Lipinski definition) is 1. The molecule has 1 fully saturated rings. The number of nitrogens with zero attached hydrogens (tertiary/aromatic N) is 4. The molecule has 2 amide bonds. The lowest BCUT2D eigenvalue weighted by Crippen LogP contribution is -2.48. The lowest BCUT2D eigenvalue weighted by atomic mass is 10.1. The maximum Gasteiger partial charge on any atom is 0.259 e. The number of benzene rings is 3. The summed E-state index contributed by atoms with van der Waals surface area (Å²) in [6.45, 7) is 3.48. The second-order valence-corrected chi connectivity index (χ2v) is 9.57. The van der Waals surface area contributed by atoms with Crippen molar-refractivity contribution in [2.24, 2.45) is 0 Å². The summed E-state index contributed by atoms with van der Waals surface area (Å²) in [6.07, 6.45) is 1.48. The third kappa shape index (κ3) is 5.54. The highest BCUT2D eigenvalue weighted by molar-refractivity contribution is 6.34. The Labute approximate surface area is 225 Å². The Hall–Kier alpha value is -3.65. The van der Waals surface area contributed by atoms with Crippen molar-refractivity contribution in [1.82, 2.24) is 19.6 Å². The Kier molecular flexibility index (Phi) is 7.55. The average Bonchev–Trinajstić information content (AvgIpc) is 3.33. The summed E-state index contributed by atoms with van der Waals surface area (Å²) in [4.78, 5) is 30.9. The van der Waals surface area contributed by atoms with E-state index in [1.165, 1.54) is 16.4 Å². The van der Waals surface area contributed by atoms with Crippen LogP contribution in [0.4, 0.5) is 5.82 Å². The van der Waals surface area contributed by atoms with Gasteiger partial charge in [-0.15, -0.1) is 0 Å². The van der Waals surface area contributed by atoms with Gasteiger partial charge in [-0.25, -0.2) is 4.68 Å². The van der Waals surface area contributed by atoms with E-state index in [0.717, 1.165) is 19.6 Å². The second-order valence-electron chi connectivity index (χ2n) is 8.76. The van der Waals surface area contributed by atoms with E-state index in [2.05, 4.69) is 27.4 Å². The number of hydrogen-bond acceptors (Lipinski definition) is 4. The van der Waals surface area contributed by atoms with Gasteiger partial charge in [-0.1, -0.05) is 77.8 Å². The first kappa shape index (κ1) is 25.0. The maximum absolute atomic E-state index is 13.6. The van der Waals surface area contributed by atoms with Crippen LogP contribution < -0.4 is 5.32 Å². The van der Waals surface area contributed by atoms with Gasteiger partial charge in [0.1, 0.15) is 11.4 Å². The monoisotopic (exact) mass is 533 g/mol. The fraction of sp³-hybridized carbons (Fsp3) is 0.179. The summed E-state index contributed by atoms with van der Waals surface area (Å²) in [5, 5.41) is 8.04. The zero-order chi connectivity index (χ0) is 25.8. The average molecular weight is 534 g/mol. The number of rotatable bonds is 6. The Bertz CT molecular complexity index is 1420. The Morgan fingerprint density at radius 1 is 0.784 bits per heavy atom. The number of nitrogens with one attached hydrogen (secondary N) is 1. The summed E-state index contributed by atoms with van der Waals surface area (Å²) >= 11 is 12.7. The molecule has 0 radical (unpaired) electrons. The molecule has 3 aromatic carbocycles. The van der Waals surface area contributed by atoms with Crippen LogP contribution in [0.1, 0.15) is 26.3 Å². The largest absolute Gasteiger partial charge is 0.336 e. The number of carbonyl (C=O) groups excluding carboxylic acids is 2. The van der Waals surface area contributed by atoms with Gasteiger partial charge in [-0.05, 0) is 29.8 Å². The predicted molar refractivity (Wildman–Crippen MR) is 146 cm³/mol. The van der Waals surface area contributed by atoms with Gasteiger partial charge in [0.05, 0.1) is 27.5 Å². The molecule has 1 saturated heterocycles. The van der Waals surface area contributed by atoms with Crippen LogP contribution in [0.3, 0.4) is 0 Å². The van der Waals surface area contributed by atoms with Crippen LogP contribution in [0.15, 0.2) is 85.1 Å². The highest BCUT2D eigenvalue weighted by Gasteiger charge is 2.28. The molecule has 0 aliphatic carbocycles. The Morgan fingerprint density at radius 2 is 1.43 bits per heavy atom. The van der Waals surface area contributed by atoms with Crippen LogP contribution in [-0.4, -0.2) is 57.6 Å². The van der Waals surface area contributed by atoms with Gasteiger partial charge in [0.25, 0.3) is 11.8 Å². The zero-order valence-corrected chi connectivity index (χ0v) is 21.5. The van der Waals surface area contributed by atoms with Crippen LogP contribution in [0, 0.1) is 0 Å². The van der Waals surface area contributed by atoms with Gasteiger partial charge >= 0.3 is 0 Å². The van der Waals surface area contributed by atoms with E-state index < -0.39 is 5.91 Å². The van der Waals surface area contributed by atoms with Gasteiger partial charge in [-0.2, -0.15) is 5.10 Å². The minimum Gasteiger partial charge on any atom is -0.336 e. The van der Waals surface area contributed by atoms with E-state index in [0.29, 0.717) is 34.4 Å². The third-order valence-electron chi connectivity index (χ3n) is 6.34. The summed E-state index contributed by atoms with van der Waals surface area (Å²) in [7, 11) is 0. The maximum atomic E-state index is 13.6. The van der Waals surface area contributed by atoms with Gasteiger partial charge in [-0.3, -0.25) is 14.5 Å². The van der Waals surface area contributed by atoms with Crippen molar-refractivity contribution in [2.45, 2.75) is 6.54 Å². The van der Waals surface area contributed by atoms with Gasteiger partial charge in [0, 0.05) is 32.7 Å². The molecule has 188 valence electrons. The molecule has 37 heavy (non-hydrogen) atoms. The molecular formula is C28H25Cl2N5O2. The third-order valence-corrected chi connectivity index (χ3v) is 6.99. The van der Waals surface area contributed by atoms with E-state index in [-0.39, 0.29) is 17.3 Å². The number of carbonyl (C=O) groups is 2. The molecule has 2 heterocycles. The minimum absolute atomic E-state index is 0.202. The molecule has 0 spiro atoms. The molecule has 0 atom stereocenters. The number of anilines is 1. The van der Waals surface area contributed by atoms with E-state index in [1.54, 1.807) is 47.4 Å². The molecule has 1 N–H and O–H groups in total. The van der Waals surface area contributed by atoms with E-state index in [1.807, 2.05) is 24.3 Å². The lowest BCUT2D eigenvalue weighted by molar-refractivity contribution is 0.0629. The number of aromatic nitrogens is 2. The highest BCUT2D eigenvalue weighted by atomic mass is 35.5. The van der Waals surface area contributed by atoms with Crippen molar-refractivity contribution in [3.63, 3.8) is 0 Å². The Morgan fingerprint density at radius 3 is 2.14 bits per heavy atom. The first-order valence-electron chi connectivity index (χ1n) is 12.0. The molecule has 0 unspecified atom stereocenters. The van der Waals surface area contributed by atoms with Crippen molar-refractivity contribution in [1.29, 1.82) is 0 Å². The molecule has 0 saturated carbocycles. The molecule has 4 aromatic rings. The molecule has 7 nitrogen and oxygen atoms in total. The molecule has 9 heteroatoms. The molecule has 1 aliphatic heterocycles. The van der Waals surface area contributed by atoms with Gasteiger partial charge < -0.3 is 10.2 Å². The van der Waals surface area contributed by atoms with Crippen LogP contribution in [0.2, 0.25) is 10.0 Å². The van der Waals surface area contributed by atoms with Gasteiger partial charge in [0.15, 0.2) is 0 Å². The van der Waals surface area contributed by atoms with Crippen LogP contribution in [0.25, 0.3) is 5.69 Å². The first-order chi connectivity index (χ1) is 18.0.